The van der Waals surface area contributed by atoms with Crippen molar-refractivity contribution in [2.45, 2.75) is 24.9 Å². The van der Waals surface area contributed by atoms with E-state index in [-0.39, 0.29) is 44.3 Å². The third-order valence-electron chi connectivity index (χ3n) is 5.59. The number of thiocarbonyl (C=S) groups is 1. The average Bonchev–Trinajstić information content (AvgIpc) is 3.60. The van der Waals surface area contributed by atoms with Gasteiger partial charge in [0.15, 0.2) is 10.8 Å². The van der Waals surface area contributed by atoms with E-state index >= 15 is 0 Å². The van der Waals surface area contributed by atoms with E-state index in [1.165, 1.54) is 17.5 Å². The van der Waals surface area contributed by atoms with E-state index in [2.05, 4.69) is 4.98 Å². The number of amides is 2. The third-order valence-corrected chi connectivity index (χ3v) is 8.80. The molecule has 234 valence electrons. The van der Waals surface area contributed by atoms with Crippen LogP contribution in [0.25, 0.3) is 17.2 Å². The predicted octanol–water partition coefficient (Wildman–Crippen LogP) is 7.86. The number of hydrogen-bond donors (Lipinski definition) is 2. The Morgan fingerprint density at radius 3 is 2.09 bits per heavy atom. The van der Waals surface area contributed by atoms with Gasteiger partial charge in [-0.15, -0.1) is 11.3 Å². The Morgan fingerprint density at radius 1 is 0.955 bits per heavy atom. The Hall–Kier alpha value is -3.49. The Bertz CT molecular complexity index is 1660. The first kappa shape index (κ1) is 33.4. The molecule has 4 rings (SSSR count). The Kier molecular flexibility index (Phi) is 9.21. The number of carboxylic acid groups (broad SMARTS) is 1. The predicted molar refractivity (Wildman–Crippen MR) is 147 cm³/mol. The molecule has 7 nitrogen and oxygen atoms in total. The van der Waals surface area contributed by atoms with Gasteiger partial charge in [0.2, 0.25) is 5.91 Å². The summed E-state index contributed by atoms with van der Waals surface area (Å²) >= 11 is 6.98. The number of thioether (sulfide) groups is 1. The summed E-state index contributed by atoms with van der Waals surface area (Å²) in [7, 11) is 0. The molecule has 1 aromatic carbocycles. The second kappa shape index (κ2) is 12.1. The fourth-order valence-corrected chi connectivity index (χ4v) is 6.69. The molecule has 0 spiro atoms. The van der Waals surface area contributed by atoms with Gasteiger partial charge in [-0.3, -0.25) is 14.5 Å². The van der Waals surface area contributed by atoms with E-state index in [0.29, 0.717) is 17.0 Å². The number of thiazole rings is 1. The van der Waals surface area contributed by atoms with Crippen LogP contribution >= 0.6 is 46.7 Å². The number of anilines is 1. The van der Waals surface area contributed by atoms with E-state index in [1.807, 2.05) is 5.32 Å². The minimum Gasteiger partial charge on any atom is -0.477 e. The van der Waals surface area contributed by atoms with Crippen molar-refractivity contribution in [1.29, 1.82) is 0 Å². The summed E-state index contributed by atoms with van der Waals surface area (Å²) in [6, 6.07) is 2.44. The van der Waals surface area contributed by atoms with Crippen LogP contribution in [0.2, 0.25) is 0 Å². The zero-order chi connectivity index (χ0) is 32.8. The molecule has 0 bridgehead atoms. The Balaban J connectivity index is 1.46. The average molecular weight is 706 g/mol. The molecule has 0 atom stereocenters. The maximum absolute atomic E-state index is 13.2. The SMILES string of the molecule is O=C(CCN1C(=O)C(=Cc2cc(-c3cc(C(F)(F)F)cc(C(F)(F)F)c3)cs2)SC1=S)Nc1nc(C(F)(F)F)c(C(=O)O)s1. The number of halogens is 9. The van der Waals surface area contributed by atoms with Gasteiger partial charge >= 0.3 is 24.5 Å². The minimum atomic E-state index is -5.08. The van der Waals surface area contributed by atoms with E-state index in [4.69, 9.17) is 17.3 Å². The first-order valence-electron chi connectivity index (χ1n) is 11.5. The van der Waals surface area contributed by atoms with Crippen LogP contribution < -0.4 is 5.32 Å². The van der Waals surface area contributed by atoms with Crippen LogP contribution in [0.5, 0.6) is 0 Å². The van der Waals surface area contributed by atoms with Gasteiger partial charge in [0.25, 0.3) is 5.91 Å². The van der Waals surface area contributed by atoms with Crippen molar-refractivity contribution in [3.8, 4) is 11.1 Å². The highest BCUT2D eigenvalue weighted by Crippen LogP contribution is 2.41. The van der Waals surface area contributed by atoms with Crippen molar-refractivity contribution in [3.05, 3.63) is 61.1 Å². The van der Waals surface area contributed by atoms with Crippen LogP contribution in [0, 0.1) is 0 Å². The molecule has 0 aliphatic carbocycles. The van der Waals surface area contributed by atoms with Crippen LogP contribution in [-0.2, 0) is 28.1 Å². The molecular weight excluding hydrogens is 694 g/mol. The number of thiophene rings is 1. The van der Waals surface area contributed by atoms with E-state index in [0.717, 1.165) is 28.0 Å². The van der Waals surface area contributed by atoms with Crippen molar-refractivity contribution < 1.29 is 59.0 Å². The molecule has 20 heteroatoms. The van der Waals surface area contributed by atoms with E-state index < -0.39 is 69.6 Å². The van der Waals surface area contributed by atoms with Gasteiger partial charge in [-0.05, 0) is 46.8 Å². The molecule has 1 aliphatic rings. The van der Waals surface area contributed by atoms with Crippen molar-refractivity contribution in [1.82, 2.24) is 9.88 Å². The molecule has 3 aromatic rings. The van der Waals surface area contributed by atoms with Crippen molar-refractivity contribution in [2.24, 2.45) is 0 Å². The standard InChI is InChI=1S/C24H12F9N3O4S4/c25-22(26,27)11-3-9(4-12(6-11)23(28,29)30)10-5-13(42-8-10)7-14-18(38)36(21(41)43-14)2-1-15(37)34-20-35-17(24(31,32)33)16(44-20)19(39)40/h3-8H,1-2H2,(H,39,40)(H,34,35,37). The highest BCUT2D eigenvalue weighted by atomic mass is 32.2. The first-order chi connectivity index (χ1) is 20.2. The lowest BCUT2D eigenvalue weighted by Crippen LogP contribution is -2.31. The van der Waals surface area contributed by atoms with Crippen LogP contribution in [0.1, 0.15) is 37.8 Å². The summed E-state index contributed by atoms with van der Waals surface area (Å²) in [6.45, 7) is -0.322. The number of carbonyl (C=O) groups excluding carboxylic acids is 2. The summed E-state index contributed by atoms with van der Waals surface area (Å²) in [6.07, 6.45) is -14.3. The minimum absolute atomic E-state index is 0.000275. The molecule has 2 aromatic heterocycles. The number of carbonyl (C=O) groups is 3. The number of nitrogens with zero attached hydrogens (tertiary/aromatic N) is 2. The van der Waals surface area contributed by atoms with E-state index in [1.54, 1.807) is 0 Å². The number of carboxylic acids is 1. The van der Waals surface area contributed by atoms with Crippen molar-refractivity contribution in [2.75, 3.05) is 11.9 Å². The molecule has 1 aliphatic heterocycles. The van der Waals surface area contributed by atoms with E-state index in [9.17, 15) is 53.9 Å². The maximum atomic E-state index is 13.2. The number of aromatic nitrogens is 1. The fraction of sp³-hybridized carbons (Fsp3) is 0.208. The lowest BCUT2D eigenvalue weighted by Gasteiger charge is -2.13. The van der Waals surface area contributed by atoms with Gasteiger partial charge in [0.1, 0.15) is 9.20 Å². The van der Waals surface area contributed by atoms with Crippen LogP contribution in [0.4, 0.5) is 44.6 Å². The summed E-state index contributed by atoms with van der Waals surface area (Å²) < 4.78 is 118. The lowest BCUT2D eigenvalue weighted by molar-refractivity contribution is -0.143. The van der Waals surface area contributed by atoms with Gasteiger partial charge in [0, 0.05) is 17.8 Å². The fourth-order valence-electron chi connectivity index (χ4n) is 3.63. The smallest absolute Gasteiger partial charge is 0.435 e. The number of benzene rings is 1. The lowest BCUT2D eigenvalue weighted by atomic mass is 10.0. The maximum Gasteiger partial charge on any atom is 0.435 e. The molecular formula is C24H12F9N3O4S4. The van der Waals surface area contributed by atoms with Crippen LogP contribution in [0.15, 0.2) is 34.6 Å². The number of hydrogen-bond acceptors (Lipinski definition) is 8. The van der Waals surface area contributed by atoms with Gasteiger partial charge in [0.05, 0.1) is 16.0 Å². The normalized spacial score (nSPS) is 15.4. The Morgan fingerprint density at radius 2 is 1.57 bits per heavy atom. The van der Waals surface area contributed by atoms with Crippen molar-refractivity contribution in [3.63, 3.8) is 0 Å². The molecule has 2 amide bonds. The second-order valence-electron chi connectivity index (χ2n) is 8.66. The zero-order valence-electron chi connectivity index (χ0n) is 21.0. The van der Waals surface area contributed by atoms with Gasteiger partial charge < -0.3 is 10.4 Å². The highest BCUT2D eigenvalue weighted by Gasteiger charge is 2.40. The monoisotopic (exact) mass is 705 g/mol. The van der Waals surface area contributed by atoms with Gasteiger partial charge in [-0.25, -0.2) is 9.78 Å². The molecule has 1 saturated heterocycles. The zero-order valence-corrected chi connectivity index (χ0v) is 24.2. The number of aromatic carboxylic acids is 1. The van der Waals surface area contributed by atoms with Crippen molar-refractivity contribution >= 4 is 80.0 Å². The largest absolute Gasteiger partial charge is 0.477 e. The summed E-state index contributed by atoms with van der Waals surface area (Å²) in [4.78, 5) is 39.6. The first-order valence-corrected chi connectivity index (χ1v) is 14.4. The molecule has 1 fully saturated rings. The van der Waals surface area contributed by atoms with Crippen LogP contribution in [0.3, 0.4) is 0 Å². The molecule has 0 saturated carbocycles. The summed E-state index contributed by atoms with van der Waals surface area (Å²) in [5, 5.41) is 11.7. The molecule has 0 radical (unpaired) electrons. The van der Waals surface area contributed by atoms with Crippen LogP contribution in [-0.4, -0.2) is 43.6 Å². The molecule has 0 unspecified atom stereocenters. The molecule has 2 N–H and O–H groups in total. The van der Waals surface area contributed by atoms with Gasteiger partial charge in [-0.1, -0.05) is 35.3 Å². The van der Waals surface area contributed by atoms with Gasteiger partial charge in [-0.2, -0.15) is 39.5 Å². The number of alkyl halides is 9. The summed E-state index contributed by atoms with van der Waals surface area (Å²) in [5.74, 6) is -3.47. The Labute approximate surface area is 257 Å². The topological polar surface area (TPSA) is 99.6 Å². The summed E-state index contributed by atoms with van der Waals surface area (Å²) in [5.41, 5.74) is -4.97. The number of rotatable bonds is 7. The molecule has 44 heavy (non-hydrogen) atoms. The third kappa shape index (κ3) is 7.59. The number of nitrogens with one attached hydrogen (secondary N) is 1. The second-order valence-corrected chi connectivity index (χ2v) is 12.3. The molecule has 3 heterocycles. The quantitative estimate of drug-likeness (QED) is 0.147. The highest BCUT2D eigenvalue weighted by molar-refractivity contribution is 8.26.